The van der Waals surface area contributed by atoms with Gasteiger partial charge in [0.05, 0.1) is 19.1 Å². The fraction of sp³-hybridized carbons (Fsp3) is 0.312. The zero-order chi connectivity index (χ0) is 21.7. The summed E-state index contributed by atoms with van der Waals surface area (Å²) >= 11 is 0. The zero-order valence-corrected chi connectivity index (χ0v) is 16.8. The number of carbonyl (C=O) groups excluding carboxylic acids is 2. The summed E-state index contributed by atoms with van der Waals surface area (Å²) in [4.78, 5) is 35.8. The van der Waals surface area contributed by atoms with E-state index in [9.17, 15) is 18.0 Å². The van der Waals surface area contributed by atoms with Crippen LogP contribution in [-0.2, 0) is 19.6 Å². The van der Waals surface area contributed by atoms with Crippen molar-refractivity contribution in [3.8, 4) is 12.0 Å². The molecule has 0 aliphatic carbocycles. The Kier molecular flexibility index (Phi) is 6.53. The number of aromatic nitrogens is 3. The average molecular weight is 425 g/mol. The molecule has 2 amide bonds. The highest BCUT2D eigenvalue weighted by molar-refractivity contribution is 7.90. The van der Waals surface area contributed by atoms with Crippen molar-refractivity contribution in [1.82, 2.24) is 19.7 Å². The smallest absolute Gasteiger partial charge is 0.422 e. The summed E-state index contributed by atoms with van der Waals surface area (Å²) in [6.45, 7) is 2.51. The van der Waals surface area contributed by atoms with Crippen LogP contribution in [0, 0.1) is 0 Å². The second-order valence-corrected chi connectivity index (χ2v) is 7.59. The molecule has 1 aromatic heterocycles. The quantitative estimate of drug-likeness (QED) is 0.647. The normalized spacial score (nSPS) is 11.3. The van der Waals surface area contributed by atoms with Crippen LogP contribution in [0.2, 0.25) is 0 Å². The third-order valence-electron chi connectivity index (χ3n) is 3.35. The third-order valence-corrected chi connectivity index (χ3v) is 4.68. The van der Waals surface area contributed by atoms with Crippen LogP contribution in [0.4, 0.5) is 10.7 Å². The van der Waals surface area contributed by atoms with Gasteiger partial charge in [-0.2, -0.15) is 9.97 Å². The third kappa shape index (κ3) is 5.75. The lowest BCUT2D eigenvalue weighted by molar-refractivity contribution is -0.131. The maximum absolute atomic E-state index is 12.5. The molecule has 13 heteroatoms. The molecule has 2 aromatic rings. The first kappa shape index (κ1) is 21.8. The Balaban J connectivity index is 2.08. The first-order valence-electron chi connectivity index (χ1n) is 8.04. The van der Waals surface area contributed by atoms with Crippen LogP contribution in [0.25, 0.3) is 0 Å². The maximum Gasteiger partial charge on any atom is 0.422 e. The number of amides is 2. The highest BCUT2D eigenvalue weighted by Gasteiger charge is 2.34. The van der Waals surface area contributed by atoms with Gasteiger partial charge in [0.1, 0.15) is 0 Å². The van der Waals surface area contributed by atoms with Gasteiger partial charge in [0.15, 0.2) is 5.60 Å². The van der Waals surface area contributed by atoms with E-state index in [4.69, 9.17) is 14.2 Å². The average Bonchev–Trinajstić information content (AvgIpc) is 2.67. The molecule has 156 valence electrons. The topological polar surface area (TPSA) is 159 Å². The number of rotatable bonds is 7. The molecule has 0 radical (unpaired) electrons. The number of nitrogens with one attached hydrogen (secondary N) is 2. The monoisotopic (exact) mass is 425 g/mol. The van der Waals surface area contributed by atoms with Gasteiger partial charge in [-0.25, -0.2) is 17.9 Å². The van der Waals surface area contributed by atoms with E-state index >= 15 is 0 Å². The molecule has 29 heavy (non-hydrogen) atoms. The van der Waals surface area contributed by atoms with Crippen LogP contribution >= 0.6 is 0 Å². The van der Waals surface area contributed by atoms with Crippen LogP contribution in [0.3, 0.4) is 0 Å². The van der Waals surface area contributed by atoms with Crippen LogP contribution in [0.15, 0.2) is 35.2 Å². The van der Waals surface area contributed by atoms with E-state index in [1.165, 1.54) is 52.3 Å². The molecule has 0 spiro atoms. The molecule has 0 saturated carbocycles. The number of hydrogen-bond donors (Lipinski definition) is 2. The van der Waals surface area contributed by atoms with Gasteiger partial charge in [-0.1, -0.05) is 18.2 Å². The lowest BCUT2D eigenvalue weighted by atomic mass is 10.1. The van der Waals surface area contributed by atoms with Crippen molar-refractivity contribution in [2.75, 3.05) is 19.5 Å². The number of nitrogens with zero attached hydrogens (tertiary/aromatic N) is 3. The highest BCUT2D eigenvalue weighted by atomic mass is 32.2. The zero-order valence-electron chi connectivity index (χ0n) is 16.0. The summed E-state index contributed by atoms with van der Waals surface area (Å²) in [5.74, 6) is -1.05. The number of hydrogen-bond acceptors (Lipinski definition) is 10. The summed E-state index contributed by atoms with van der Waals surface area (Å²) in [5, 5.41) is 2.32. The molecule has 2 N–H and O–H groups in total. The molecular weight excluding hydrogens is 406 g/mol. The Bertz CT molecular complexity index is 974. The molecule has 0 unspecified atom stereocenters. The van der Waals surface area contributed by atoms with Crippen molar-refractivity contribution >= 4 is 28.0 Å². The molecule has 2 rings (SSSR count). The van der Waals surface area contributed by atoms with Gasteiger partial charge < -0.3 is 14.2 Å². The van der Waals surface area contributed by atoms with Gasteiger partial charge >= 0.3 is 18.1 Å². The molecular formula is C16H19N5O7S. The Hall–Kier alpha value is -3.48. The first-order chi connectivity index (χ1) is 13.6. The minimum atomic E-state index is -4.16. The predicted octanol–water partition coefficient (Wildman–Crippen LogP) is 0.721. The Morgan fingerprint density at radius 3 is 2.03 bits per heavy atom. The largest absolute Gasteiger partial charge is 0.467 e. The molecule has 1 heterocycles. The van der Waals surface area contributed by atoms with E-state index in [-0.39, 0.29) is 22.9 Å². The summed E-state index contributed by atoms with van der Waals surface area (Å²) in [6.07, 6.45) is -1.33. The molecule has 0 bridgehead atoms. The van der Waals surface area contributed by atoms with Crippen LogP contribution in [0.1, 0.15) is 13.8 Å². The minimum Gasteiger partial charge on any atom is -0.467 e. The summed E-state index contributed by atoms with van der Waals surface area (Å²) in [5.41, 5.74) is -1.77. The minimum absolute atomic E-state index is 0.113. The highest BCUT2D eigenvalue weighted by Crippen LogP contribution is 2.17. The second kappa shape index (κ2) is 8.68. The molecule has 0 atom stereocenters. The van der Waals surface area contributed by atoms with E-state index in [0.29, 0.717) is 0 Å². The lowest BCUT2D eigenvalue weighted by Crippen LogP contribution is -2.45. The van der Waals surface area contributed by atoms with Crippen LogP contribution in [-0.4, -0.2) is 55.2 Å². The van der Waals surface area contributed by atoms with Gasteiger partial charge in [-0.3, -0.25) is 10.1 Å². The fourth-order valence-electron chi connectivity index (χ4n) is 1.90. The van der Waals surface area contributed by atoms with Crippen LogP contribution < -0.4 is 19.5 Å². The van der Waals surface area contributed by atoms with Gasteiger partial charge in [-0.15, -0.1) is 4.98 Å². The number of methoxy groups -OCH3 is 2. The van der Waals surface area contributed by atoms with Gasteiger partial charge in [0, 0.05) is 0 Å². The second-order valence-electron chi connectivity index (χ2n) is 5.90. The molecule has 0 aliphatic rings. The summed E-state index contributed by atoms with van der Waals surface area (Å²) in [6, 6.07) is 6.98. The number of anilines is 1. The van der Waals surface area contributed by atoms with Crippen molar-refractivity contribution < 1.29 is 32.2 Å². The van der Waals surface area contributed by atoms with Gasteiger partial charge in [0.25, 0.3) is 15.9 Å². The van der Waals surface area contributed by atoms with Crippen molar-refractivity contribution in [2.24, 2.45) is 0 Å². The van der Waals surface area contributed by atoms with E-state index in [1.807, 2.05) is 0 Å². The Labute approximate surface area is 166 Å². The number of ether oxygens (including phenoxy) is 3. The molecule has 0 fully saturated rings. The Morgan fingerprint density at radius 2 is 1.52 bits per heavy atom. The van der Waals surface area contributed by atoms with E-state index < -0.39 is 27.6 Å². The number of benzene rings is 1. The Morgan fingerprint density at radius 1 is 0.966 bits per heavy atom. The molecule has 1 aromatic carbocycles. The standard InChI is InChI=1S/C16H19N5O7S/c1-16(2,11(22)17-12-18-13(26-3)20-14(19-12)27-4)28-15(23)21-29(24,25)10-8-6-5-7-9-10/h5-9H,1-4H3,(H,21,23)(H,17,18,19,20,22). The number of sulfonamides is 1. The first-order valence-corrected chi connectivity index (χ1v) is 9.52. The lowest BCUT2D eigenvalue weighted by Gasteiger charge is -2.23. The maximum atomic E-state index is 12.5. The SMILES string of the molecule is COc1nc(NC(=O)C(C)(C)OC(=O)NS(=O)(=O)c2ccccc2)nc(OC)n1. The van der Waals surface area contributed by atoms with Crippen molar-refractivity contribution in [3.63, 3.8) is 0 Å². The van der Waals surface area contributed by atoms with Crippen LogP contribution in [0.5, 0.6) is 12.0 Å². The van der Waals surface area contributed by atoms with E-state index in [0.717, 1.165) is 0 Å². The molecule has 0 aliphatic heterocycles. The van der Waals surface area contributed by atoms with Gasteiger partial charge in [-0.05, 0) is 26.0 Å². The van der Waals surface area contributed by atoms with Crippen molar-refractivity contribution in [1.29, 1.82) is 0 Å². The van der Waals surface area contributed by atoms with E-state index in [1.54, 1.807) is 10.8 Å². The van der Waals surface area contributed by atoms with Crippen molar-refractivity contribution in [3.05, 3.63) is 30.3 Å². The fourth-order valence-corrected chi connectivity index (χ4v) is 2.79. The molecule has 0 saturated heterocycles. The van der Waals surface area contributed by atoms with Gasteiger partial charge in [0.2, 0.25) is 5.95 Å². The predicted molar refractivity (Wildman–Crippen MR) is 98.9 cm³/mol. The van der Waals surface area contributed by atoms with Crippen molar-refractivity contribution in [2.45, 2.75) is 24.3 Å². The number of carbonyl (C=O) groups is 2. The van der Waals surface area contributed by atoms with E-state index in [2.05, 4.69) is 20.3 Å². The summed E-state index contributed by atoms with van der Waals surface area (Å²) in [7, 11) is -1.54. The molecule has 12 nitrogen and oxygen atoms in total. The summed E-state index contributed by atoms with van der Waals surface area (Å²) < 4.78 is 40.8.